The lowest BCUT2D eigenvalue weighted by atomic mass is 10.2. The molecule has 1 fully saturated rings. The predicted octanol–water partition coefficient (Wildman–Crippen LogP) is 2.65. The van der Waals surface area contributed by atoms with Gasteiger partial charge < -0.3 is 9.84 Å². The van der Waals surface area contributed by atoms with Gasteiger partial charge in [-0.25, -0.2) is 19.1 Å². The number of aromatic nitrogens is 3. The SMILES string of the molecule is CC(C)(C)OC(=O)Nc1nn2ccc(C3CC3)nc2c1C(=O)O. The second-order valence-corrected chi connectivity index (χ2v) is 6.55. The molecule has 0 bridgehead atoms. The average Bonchev–Trinajstić information content (AvgIpc) is 3.17. The highest BCUT2D eigenvalue weighted by Crippen LogP contribution is 2.39. The second-order valence-electron chi connectivity index (χ2n) is 6.55. The molecule has 0 unspecified atom stereocenters. The number of carbonyl (C=O) groups excluding carboxylic acids is 1. The Balaban J connectivity index is 1.97. The summed E-state index contributed by atoms with van der Waals surface area (Å²) < 4.78 is 6.48. The maximum Gasteiger partial charge on any atom is 0.413 e. The van der Waals surface area contributed by atoms with E-state index in [1.807, 2.05) is 6.07 Å². The number of nitrogens with zero attached hydrogens (tertiary/aromatic N) is 3. The third-order valence-electron chi connectivity index (χ3n) is 3.34. The van der Waals surface area contributed by atoms with Gasteiger partial charge in [-0.05, 0) is 39.7 Å². The smallest absolute Gasteiger partial charge is 0.413 e. The Morgan fingerprint density at radius 3 is 2.65 bits per heavy atom. The van der Waals surface area contributed by atoms with Crippen molar-refractivity contribution in [2.24, 2.45) is 0 Å². The summed E-state index contributed by atoms with van der Waals surface area (Å²) in [6.07, 6.45) is 3.01. The zero-order valence-corrected chi connectivity index (χ0v) is 13.2. The van der Waals surface area contributed by atoms with E-state index in [9.17, 15) is 14.7 Å². The number of ether oxygens (including phenoxy) is 1. The number of aromatic carboxylic acids is 1. The van der Waals surface area contributed by atoms with Crippen LogP contribution in [0.25, 0.3) is 5.65 Å². The third-order valence-corrected chi connectivity index (χ3v) is 3.34. The zero-order valence-electron chi connectivity index (χ0n) is 13.2. The summed E-state index contributed by atoms with van der Waals surface area (Å²) in [7, 11) is 0. The highest BCUT2D eigenvalue weighted by Gasteiger charge is 2.28. The van der Waals surface area contributed by atoms with Crippen LogP contribution in [-0.2, 0) is 4.74 Å². The lowest BCUT2D eigenvalue weighted by Crippen LogP contribution is -2.27. The van der Waals surface area contributed by atoms with Gasteiger partial charge >= 0.3 is 12.1 Å². The Bertz CT molecular complexity index is 787. The van der Waals surface area contributed by atoms with Crippen LogP contribution in [0.5, 0.6) is 0 Å². The lowest BCUT2D eigenvalue weighted by Gasteiger charge is -2.19. The normalized spacial score (nSPS) is 14.7. The Kier molecular flexibility index (Phi) is 3.46. The average molecular weight is 318 g/mol. The first-order valence-corrected chi connectivity index (χ1v) is 7.37. The largest absolute Gasteiger partial charge is 0.477 e. The molecule has 0 saturated heterocycles. The predicted molar refractivity (Wildman–Crippen MR) is 81.8 cm³/mol. The first-order chi connectivity index (χ1) is 10.7. The Morgan fingerprint density at radius 2 is 2.09 bits per heavy atom. The van der Waals surface area contributed by atoms with Crippen LogP contribution in [-0.4, -0.2) is 37.4 Å². The van der Waals surface area contributed by atoms with Crippen molar-refractivity contribution in [3.8, 4) is 0 Å². The number of hydrogen-bond acceptors (Lipinski definition) is 5. The lowest BCUT2D eigenvalue weighted by molar-refractivity contribution is 0.0635. The zero-order chi connectivity index (χ0) is 16.8. The molecule has 2 aromatic heterocycles. The standard InChI is InChI=1S/C15H18N4O4/c1-15(2,3)23-14(22)17-11-10(13(20)21)12-16-9(8-4-5-8)6-7-19(12)18-11/h6-8H,4-5H2,1-3H3,(H,20,21)(H,17,18,22). The van der Waals surface area contributed by atoms with Gasteiger partial charge in [-0.3, -0.25) is 5.32 Å². The molecule has 0 aliphatic heterocycles. The first kappa shape index (κ1) is 15.3. The molecule has 122 valence electrons. The van der Waals surface area contributed by atoms with E-state index in [1.165, 1.54) is 4.52 Å². The number of anilines is 1. The van der Waals surface area contributed by atoms with E-state index in [2.05, 4.69) is 15.4 Å². The molecule has 1 amide bonds. The summed E-state index contributed by atoms with van der Waals surface area (Å²) in [4.78, 5) is 27.8. The van der Waals surface area contributed by atoms with Gasteiger partial charge in [0.15, 0.2) is 11.5 Å². The maximum atomic E-state index is 11.9. The van der Waals surface area contributed by atoms with E-state index in [-0.39, 0.29) is 17.0 Å². The van der Waals surface area contributed by atoms with E-state index in [0.717, 1.165) is 18.5 Å². The van der Waals surface area contributed by atoms with Crippen LogP contribution in [0.1, 0.15) is 55.6 Å². The minimum atomic E-state index is -1.20. The molecular formula is C15H18N4O4. The van der Waals surface area contributed by atoms with Crippen molar-refractivity contribution in [1.82, 2.24) is 14.6 Å². The monoisotopic (exact) mass is 318 g/mol. The summed E-state index contributed by atoms with van der Waals surface area (Å²) in [6, 6.07) is 1.82. The minimum absolute atomic E-state index is 0.0767. The molecule has 1 saturated carbocycles. The highest BCUT2D eigenvalue weighted by molar-refractivity contribution is 6.03. The van der Waals surface area contributed by atoms with Crippen molar-refractivity contribution in [2.45, 2.75) is 45.1 Å². The van der Waals surface area contributed by atoms with Crippen molar-refractivity contribution < 1.29 is 19.4 Å². The van der Waals surface area contributed by atoms with Gasteiger partial charge in [0.05, 0.1) is 0 Å². The molecule has 23 heavy (non-hydrogen) atoms. The molecule has 0 aromatic carbocycles. The Labute approximate surface area is 132 Å². The fourth-order valence-corrected chi connectivity index (χ4v) is 2.23. The third kappa shape index (κ3) is 3.25. The molecule has 1 aliphatic carbocycles. The molecule has 2 heterocycles. The van der Waals surface area contributed by atoms with Crippen molar-refractivity contribution in [3.63, 3.8) is 0 Å². The van der Waals surface area contributed by atoms with Crippen molar-refractivity contribution in [3.05, 3.63) is 23.5 Å². The number of nitrogens with one attached hydrogen (secondary N) is 1. The quantitative estimate of drug-likeness (QED) is 0.901. The van der Waals surface area contributed by atoms with Crippen LogP contribution in [0.3, 0.4) is 0 Å². The molecule has 0 radical (unpaired) electrons. The highest BCUT2D eigenvalue weighted by atomic mass is 16.6. The van der Waals surface area contributed by atoms with Crippen LogP contribution in [0.4, 0.5) is 10.6 Å². The number of fused-ring (bicyclic) bond motifs is 1. The molecular weight excluding hydrogens is 300 g/mol. The van der Waals surface area contributed by atoms with Gasteiger partial charge in [-0.15, -0.1) is 5.10 Å². The van der Waals surface area contributed by atoms with Crippen LogP contribution >= 0.6 is 0 Å². The van der Waals surface area contributed by atoms with Crippen molar-refractivity contribution in [1.29, 1.82) is 0 Å². The molecule has 8 nitrogen and oxygen atoms in total. The topological polar surface area (TPSA) is 106 Å². The van der Waals surface area contributed by atoms with E-state index in [1.54, 1.807) is 27.0 Å². The number of rotatable bonds is 3. The second kappa shape index (κ2) is 5.22. The molecule has 0 spiro atoms. The van der Waals surface area contributed by atoms with E-state index >= 15 is 0 Å². The van der Waals surface area contributed by atoms with Crippen molar-refractivity contribution in [2.75, 3.05) is 5.32 Å². The summed E-state index contributed by atoms with van der Waals surface area (Å²) in [5, 5.41) is 15.9. The van der Waals surface area contributed by atoms with Crippen molar-refractivity contribution >= 4 is 23.5 Å². The van der Waals surface area contributed by atoms with E-state index < -0.39 is 17.7 Å². The number of carboxylic acids is 1. The Hall–Kier alpha value is -2.64. The van der Waals surface area contributed by atoms with Gasteiger partial charge in [-0.1, -0.05) is 0 Å². The van der Waals surface area contributed by atoms with Crippen LogP contribution in [0.15, 0.2) is 12.3 Å². The van der Waals surface area contributed by atoms with Gasteiger partial charge in [0, 0.05) is 17.8 Å². The fourth-order valence-electron chi connectivity index (χ4n) is 2.23. The van der Waals surface area contributed by atoms with E-state index in [4.69, 9.17) is 4.74 Å². The summed E-state index contributed by atoms with van der Waals surface area (Å²) in [5.41, 5.74) is 0.236. The first-order valence-electron chi connectivity index (χ1n) is 7.37. The summed E-state index contributed by atoms with van der Waals surface area (Å²) in [5.74, 6) is -0.891. The summed E-state index contributed by atoms with van der Waals surface area (Å²) >= 11 is 0. The number of carboxylic acid groups (broad SMARTS) is 1. The van der Waals surface area contributed by atoms with Gasteiger partial charge in [0.1, 0.15) is 11.2 Å². The van der Waals surface area contributed by atoms with Gasteiger partial charge in [-0.2, -0.15) is 0 Å². The Morgan fingerprint density at radius 1 is 1.39 bits per heavy atom. The number of amides is 1. The van der Waals surface area contributed by atoms with Crippen LogP contribution in [0.2, 0.25) is 0 Å². The molecule has 1 aliphatic rings. The molecule has 2 N–H and O–H groups in total. The van der Waals surface area contributed by atoms with Crippen LogP contribution < -0.4 is 5.32 Å². The molecule has 0 atom stereocenters. The van der Waals surface area contributed by atoms with E-state index in [0.29, 0.717) is 5.92 Å². The molecule has 8 heteroatoms. The fraction of sp³-hybridized carbons (Fsp3) is 0.467. The van der Waals surface area contributed by atoms with Gasteiger partial charge in [0.2, 0.25) is 0 Å². The minimum Gasteiger partial charge on any atom is -0.477 e. The summed E-state index contributed by atoms with van der Waals surface area (Å²) in [6.45, 7) is 5.16. The number of hydrogen-bond donors (Lipinski definition) is 2. The maximum absolute atomic E-state index is 11.9. The van der Waals surface area contributed by atoms with Gasteiger partial charge in [0.25, 0.3) is 0 Å². The molecule has 2 aromatic rings. The van der Waals surface area contributed by atoms with Crippen LogP contribution in [0, 0.1) is 0 Å². The molecule has 3 rings (SSSR count). The number of carbonyl (C=O) groups is 2.